The molecule has 0 saturated heterocycles. The molecule has 4 nitrogen and oxygen atoms in total. The number of carboxylic acids is 1. The van der Waals surface area contributed by atoms with Gasteiger partial charge in [0, 0.05) is 3.57 Å². The zero-order valence-electron chi connectivity index (χ0n) is 11.7. The molecule has 1 aromatic rings. The van der Waals surface area contributed by atoms with Crippen molar-refractivity contribution in [3.05, 3.63) is 32.9 Å². The van der Waals surface area contributed by atoms with Crippen LogP contribution in [0.3, 0.4) is 0 Å². The summed E-state index contributed by atoms with van der Waals surface area (Å²) in [6.07, 6.45) is -4.91. The third-order valence-electron chi connectivity index (χ3n) is 2.88. The molecule has 0 aliphatic rings. The molecule has 0 aliphatic carbocycles. The molecule has 10 heteroatoms. The van der Waals surface area contributed by atoms with Crippen molar-refractivity contribution in [2.75, 3.05) is 0 Å². The van der Waals surface area contributed by atoms with Gasteiger partial charge in [0.05, 0.1) is 11.1 Å². The lowest BCUT2D eigenvalue weighted by atomic mass is 10.00. The first-order chi connectivity index (χ1) is 10.2. The van der Waals surface area contributed by atoms with Gasteiger partial charge < -0.3 is 9.84 Å². The molecule has 128 valence electrons. The number of carbonyl (C=O) groups excluding carboxylic acids is 1. The van der Waals surface area contributed by atoms with Crippen molar-refractivity contribution in [1.29, 1.82) is 0 Å². The Morgan fingerprint density at radius 2 is 1.65 bits per heavy atom. The first-order valence-corrected chi connectivity index (χ1v) is 6.99. The van der Waals surface area contributed by atoms with Crippen LogP contribution in [-0.2, 0) is 15.7 Å². The fraction of sp³-hybridized carbons (Fsp3) is 0.385. The van der Waals surface area contributed by atoms with Crippen molar-refractivity contribution >= 4 is 34.5 Å². The minimum atomic E-state index is -4.91. The van der Waals surface area contributed by atoms with E-state index in [4.69, 9.17) is 5.11 Å². The summed E-state index contributed by atoms with van der Waals surface area (Å²) in [5.41, 5.74) is -5.18. The van der Waals surface area contributed by atoms with Gasteiger partial charge in [-0.05, 0) is 54.6 Å². The van der Waals surface area contributed by atoms with Gasteiger partial charge in [0.15, 0.2) is 5.60 Å². The number of hydrogen-bond donors (Lipinski definition) is 1. The number of alkyl halides is 5. The maximum absolute atomic E-state index is 13.5. The Morgan fingerprint density at radius 1 is 1.13 bits per heavy atom. The van der Waals surface area contributed by atoms with Crippen LogP contribution >= 0.6 is 22.6 Å². The van der Waals surface area contributed by atoms with Crippen molar-refractivity contribution in [1.82, 2.24) is 0 Å². The maximum Gasteiger partial charge on any atom is 0.417 e. The third kappa shape index (κ3) is 4.09. The standard InChI is InChI=1S/C13H10F5IO4/c1-11(2,12(14,15)10(21)22)23-9(20)7-4-3-6(19)5-8(7)13(16,17)18/h3-5H,1-2H3,(H,21,22). The fourth-order valence-corrected chi connectivity index (χ4v) is 2.03. The molecule has 0 heterocycles. The number of carbonyl (C=O) groups is 2. The maximum atomic E-state index is 13.5. The molecule has 0 aliphatic heterocycles. The van der Waals surface area contributed by atoms with Gasteiger partial charge in [-0.15, -0.1) is 0 Å². The molecule has 0 radical (unpaired) electrons. The van der Waals surface area contributed by atoms with E-state index < -0.39 is 40.8 Å². The van der Waals surface area contributed by atoms with Crippen LogP contribution in [0.15, 0.2) is 18.2 Å². The number of esters is 1. The zero-order valence-corrected chi connectivity index (χ0v) is 13.8. The Kier molecular flexibility index (Phi) is 5.29. The number of aliphatic carboxylic acids is 1. The summed E-state index contributed by atoms with van der Waals surface area (Å²) in [5.74, 6) is -8.74. The summed E-state index contributed by atoms with van der Waals surface area (Å²) in [4.78, 5) is 22.4. The molecule has 1 aromatic carbocycles. The zero-order chi connectivity index (χ0) is 18.2. The molecule has 0 saturated carbocycles. The predicted octanol–water partition coefficient (Wildman–Crippen LogP) is 3.97. The van der Waals surface area contributed by atoms with Crippen molar-refractivity contribution in [2.24, 2.45) is 0 Å². The average Bonchev–Trinajstić information content (AvgIpc) is 2.36. The van der Waals surface area contributed by atoms with E-state index in [-0.39, 0.29) is 3.57 Å². The summed E-state index contributed by atoms with van der Waals surface area (Å²) < 4.78 is 70.3. The lowest BCUT2D eigenvalue weighted by Gasteiger charge is -2.30. The van der Waals surface area contributed by atoms with Crippen LogP contribution in [0.2, 0.25) is 0 Å². The van der Waals surface area contributed by atoms with Gasteiger partial charge >= 0.3 is 24.0 Å². The SMILES string of the molecule is CC(C)(OC(=O)c1ccc(I)cc1C(F)(F)F)C(F)(F)C(=O)O. The van der Waals surface area contributed by atoms with Crippen molar-refractivity contribution < 1.29 is 41.4 Å². The largest absolute Gasteiger partial charge is 0.477 e. The molecular weight excluding hydrogens is 442 g/mol. The summed E-state index contributed by atoms with van der Waals surface area (Å²) in [7, 11) is 0. The molecule has 0 spiro atoms. The topological polar surface area (TPSA) is 63.6 Å². The molecule has 1 rings (SSSR count). The van der Waals surface area contributed by atoms with E-state index in [0.717, 1.165) is 12.1 Å². The molecule has 0 unspecified atom stereocenters. The number of ether oxygens (including phenoxy) is 1. The highest BCUT2D eigenvalue weighted by Gasteiger charge is 2.57. The highest BCUT2D eigenvalue weighted by atomic mass is 127. The quantitative estimate of drug-likeness (QED) is 0.427. The first kappa shape index (κ1) is 19.6. The molecule has 0 aromatic heterocycles. The van der Waals surface area contributed by atoms with E-state index >= 15 is 0 Å². The molecule has 0 fully saturated rings. The lowest BCUT2D eigenvalue weighted by Crippen LogP contribution is -2.52. The Hall–Kier alpha value is -1.46. The first-order valence-electron chi connectivity index (χ1n) is 5.91. The lowest BCUT2D eigenvalue weighted by molar-refractivity contribution is -0.200. The van der Waals surface area contributed by atoms with Gasteiger partial charge in [0.1, 0.15) is 0 Å². The highest BCUT2D eigenvalue weighted by molar-refractivity contribution is 14.1. The van der Waals surface area contributed by atoms with Crippen LogP contribution in [0.25, 0.3) is 0 Å². The van der Waals surface area contributed by atoms with E-state index in [2.05, 4.69) is 4.74 Å². The second-order valence-electron chi connectivity index (χ2n) is 4.97. The molecule has 0 atom stereocenters. The third-order valence-corrected chi connectivity index (χ3v) is 3.55. The van der Waals surface area contributed by atoms with Gasteiger partial charge in [-0.3, -0.25) is 0 Å². The second-order valence-corrected chi connectivity index (χ2v) is 6.21. The monoisotopic (exact) mass is 452 g/mol. The van der Waals surface area contributed by atoms with Crippen molar-refractivity contribution in [3.8, 4) is 0 Å². The van der Waals surface area contributed by atoms with Crippen LogP contribution in [-0.4, -0.2) is 28.6 Å². The van der Waals surface area contributed by atoms with Gasteiger partial charge in [0.25, 0.3) is 0 Å². The predicted molar refractivity (Wildman–Crippen MR) is 76.2 cm³/mol. The smallest absolute Gasteiger partial charge is 0.417 e. The summed E-state index contributed by atoms with van der Waals surface area (Å²) in [6.45, 7) is 1.19. The summed E-state index contributed by atoms with van der Waals surface area (Å²) in [5, 5.41) is 8.46. The van der Waals surface area contributed by atoms with Crippen molar-refractivity contribution in [3.63, 3.8) is 0 Å². The normalized spacial score (nSPS) is 12.9. The molecule has 23 heavy (non-hydrogen) atoms. The van der Waals surface area contributed by atoms with Crippen LogP contribution in [0.5, 0.6) is 0 Å². The van der Waals surface area contributed by atoms with Crippen LogP contribution in [0.4, 0.5) is 22.0 Å². The molecule has 1 N–H and O–H groups in total. The Balaban J connectivity index is 3.25. The minimum Gasteiger partial charge on any atom is -0.477 e. The number of rotatable bonds is 4. The van der Waals surface area contributed by atoms with E-state index in [0.29, 0.717) is 19.9 Å². The van der Waals surface area contributed by atoms with Crippen LogP contribution in [0, 0.1) is 3.57 Å². The Morgan fingerprint density at radius 3 is 2.09 bits per heavy atom. The number of benzene rings is 1. The van der Waals surface area contributed by atoms with E-state index in [1.165, 1.54) is 0 Å². The van der Waals surface area contributed by atoms with Gasteiger partial charge in [-0.25, -0.2) is 9.59 Å². The van der Waals surface area contributed by atoms with Crippen LogP contribution in [0.1, 0.15) is 29.8 Å². The molecule has 0 amide bonds. The number of hydrogen-bond acceptors (Lipinski definition) is 3. The van der Waals surface area contributed by atoms with E-state index in [9.17, 15) is 31.5 Å². The number of carboxylic acid groups (broad SMARTS) is 1. The minimum absolute atomic E-state index is 0.168. The summed E-state index contributed by atoms with van der Waals surface area (Å²) in [6, 6.07) is 2.59. The van der Waals surface area contributed by atoms with E-state index in [1.54, 1.807) is 22.6 Å². The Bertz CT molecular complexity index is 640. The van der Waals surface area contributed by atoms with Crippen LogP contribution < -0.4 is 0 Å². The number of halogens is 6. The Labute approximate surface area is 140 Å². The van der Waals surface area contributed by atoms with E-state index in [1.807, 2.05) is 0 Å². The van der Waals surface area contributed by atoms with Crippen molar-refractivity contribution in [2.45, 2.75) is 31.5 Å². The highest BCUT2D eigenvalue weighted by Crippen LogP contribution is 2.36. The van der Waals surface area contributed by atoms with Gasteiger partial charge in [0.2, 0.25) is 0 Å². The molecular formula is C13H10F5IO4. The fourth-order valence-electron chi connectivity index (χ4n) is 1.54. The van der Waals surface area contributed by atoms with Gasteiger partial charge in [-0.1, -0.05) is 0 Å². The average molecular weight is 452 g/mol. The summed E-state index contributed by atoms with van der Waals surface area (Å²) >= 11 is 1.59. The van der Waals surface area contributed by atoms with Gasteiger partial charge in [-0.2, -0.15) is 22.0 Å². The second kappa shape index (κ2) is 6.21. The molecule has 0 bridgehead atoms.